The second kappa shape index (κ2) is 6.07. The molecule has 0 aliphatic carbocycles. The van der Waals surface area contributed by atoms with Crippen LogP contribution in [0.15, 0.2) is 47.2 Å². The number of rotatable bonds is 4. The van der Waals surface area contributed by atoms with E-state index in [0.29, 0.717) is 4.47 Å². The van der Waals surface area contributed by atoms with Gasteiger partial charge in [-0.3, -0.25) is 4.98 Å². The number of pyridine rings is 1. The van der Waals surface area contributed by atoms with Crippen molar-refractivity contribution in [1.29, 1.82) is 0 Å². The Labute approximate surface area is 114 Å². The van der Waals surface area contributed by atoms with E-state index in [9.17, 15) is 4.39 Å². The zero-order valence-corrected chi connectivity index (χ0v) is 11.6. The van der Waals surface area contributed by atoms with Crippen LogP contribution >= 0.6 is 15.9 Å². The molecule has 18 heavy (non-hydrogen) atoms. The number of benzene rings is 1. The van der Waals surface area contributed by atoms with Crippen LogP contribution in [-0.2, 0) is 6.42 Å². The predicted molar refractivity (Wildman–Crippen MR) is 73.8 cm³/mol. The molecule has 0 radical (unpaired) electrons. The summed E-state index contributed by atoms with van der Waals surface area (Å²) in [4.78, 5) is 4.09. The van der Waals surface area contributed by atoms with Gasteiger partial charge in [-0.1, -0.05) is 12.1 Å². The number of halogens is 2. The molecule has 0 saturated heterocycles. The normalized spacial score (nSPS) is 12.4. The third-order valence-corrected chi connectivity index (χ3v) is 3.50. The first-order valence-corrected chi connectivity index (χ1v) is 6.51. The van der Waals surface area contributed by atoms with Crippen LogP contribution in [0.1, 0.15) is 17.2 Å². The van der Waals surface area contributed by atoms with Crippen molar-refractivity contribution in [2.45, 2.75) is 12.5 Å². The molecular weight excluding hydrogens is 295 g/mol. The molecule has 1 unspecified atom stereocenters. The maximum Gasteiger partial charge on any atom is 0.137 e. The molecule has 1 N–H and O–H groups in total. The molecule has 0 bridgehead atoms. The van der Waals surface area contributed by atoms with Crippen molar-refractivity contribution >= 4 is 15.9 Å². The van der Waals surface area contributed by atoms with E-state index in [4.69, 9.17) is 0 Å². The molecule has 2 rings (SSSR count). The summed E-state index contributed by atoms with van der Waals surface area (Å²) in [6, 6.07) is 9.22. The number of nitrogens with zero attached hydrogens (tertiary/aromatic N) is 1. The molecule has 2 aromatic rings. The number of hydrogen-bond donors (Lipinski definition) is 1. The lowest BCUT2D eigenvalue weighted by Crippen LogP contribution is -2.19. The molecule has 0 aliphatic heterocycles. The van der Waals surface area contributed by atoms with E-state index in [1.54, 1.807) is 18.3 Å². The first-order chi connectivity index (χ1) is 8.70. The summed E-state index contributed by atoms with van der Waals surface area (Å²) in [5.74, 6) is -0.237. The SMILES string of the molecule is CNC(Cc1cccnc1)c1ccc(Br)c(F)c1. The summed E-state index contributed by atoms with van der Waals surface area (Å²) in [5, 5.41) is 3.20. The maximum absolute atomic E-state index is 13.5. The number of aromatic nitrogens is 1. The molecule has 0 saturated carbocycles. The van der Waals surface area contributed by atoms with Gasteiger partial charge in [0.2, 0.25) is 0 Å². The Kier molecular flexibility index (Phi) is 4.44. The average molecular weight is 309 g/mol. The largest absolute Gasteiger partial charge is 0.313 e. The summed E-state index contributed by atoms with van der Waals surface area (Å²) in [5.41, 5.74) is 2.06. The van der Waals surface area contributed by atoms with Gasteiger partial charge in [0.1, 0.15) is 5.82 Å². The molecule has 0 spiro atoms. The summed E-state index contributed by atoms with van der Waals surface area (Å²) in [6.45, 7) is 0. The second-order valence-corrected chi connectivity index (χ2v) is 4.93. The Bertz CT molecular complexity index is 516. The summed E-state index contributed by atoms with van der Waals surface area (Å²) in [7, 11) is 1.88. The van der Waals surface area contributed by atoms with Crippen molar-refractivity contribution in [3.63, 3.8) is 0 Å². The maximum atomic E-state index is 13.5. The number of likely N-dealkylation sites (N-methyl/N-ethyl adjacent to an activating group) is 1. The van der Waals surface area contributed by atoms with Gasteiger partial charge in [0.15, 0.2) is 0 Å². The van der Waals surface area contributed by atoms with Crippen molar-refractivity contribution in [2.75, 3.05) is 7.05 Å². The highest BCUT2D eigenvalue weighted by Gasteiger charge is 2.12. The molecule has 1 heterocycles. The van der Waals surface area contributed by atoms with Gasteiger partial charge in [-0.15, -0.1) is 0 Å². The van der Waals surface area contributed by atoms with Crippen LogP contribution in [0.4, 0.5) is 4.39 Å². The fourth-order valence-electron chi connectivity index (χ4n) is 1.87. The van der Waals surface area contributed by atoms with Crippen LogP contribution < -0.4 is 5.32 Å². The number of hydrogen-bond acceptors (Lipinski definition) is 2. The van der Waals surface area contributed by atoms with Gasteiger partial charge in [-0.25, -0.2) is 4.39 Å². The first kappa shape index (κ1) is 13.2. The second-order valence-electron chi connectivity index (χ2n) is 4.08. The van der Waals surface area contributed by atoms with Crippen LogP contribution in [0, 0.1) is 5.82 Å². The first-order valence-electron chi connectivity index (χ1n) is 5.72. The molecule has 0 aliphatic rings. The van der Waals surface area contributed by atoms with Crippen LogP contribution in [-0.4, -0.2) is 12.0 Å². The van der Waals surface area contributed by atoms with Crippen molar-refractivity contribution in [1.82, 2.24) is 10.3 Å². The minimum Gasteiger partial charge on any atom is -0.313 e. The molecule has 2 nitrogen and oxygen atoms in total. The molecule has 4 heteroatoms. The van der Waals surface area contributed by atoms with E-state index in [1.165, 1.54) is 0 Å². The minimum atomic E-state index is -0.237. The Morgan fingerprint density at radius 2 is 2.22 bits per heavy atom. The third-order valence-electron chi connectivity index (χ3n) is 2.86. The summed E-state index contributed by atoms with van der Waals surface area (Å²) in [6.07, 6.45) is 4.36. The zero-order valence-electron chi connectivity index (χ0n) is 10.0. The Morgan fingerprint density at radius 3 is 2.83 bits per heavy atom. The van der Waals surface area contributed by atoms with E-state index in [-0.39, 0.29) is 11.9 Å². The van der Waals surface area contributed by atoms with Crippen LogP contribution in [0.2, 0.25) is 0 Å². The van der Waals surface area contributed by atoms with E-state index in [0.717, 1.165) is 17.5 Å². The van der Waals surface area contributed by atoms with Crippen LogP contribution in [0.3, 0.4) is 0 Å². The standard InChI is InChI=1S/C14H14BrFN2/c1-17-14(7-10-3-2-6-18-9-10)11-4-5-12(15)13(16)8-11/h2-6,8-9,14,17H,7H2,1H3. The van der Waals surface area contributed by atoms with Crippen LogP contribution in [0.25, 0.3) is 0 Å². The molecule has 0 amide bonds. The van der Waals surface area contributed by atoms with Crippen molar-refractivity contribution in [2.24, 2.45) is 0 Å². The van der Waals surface area contributed by atoms with E-state index in [1.807, 2.05) is 31.4 Å². The monoisotopic (exact) mass is 308 g/mol. The smallest absolute Gasteiger partial charge is 0.137 e. The minimum absolute atomic E-state index is 0.0804. The number of nitrogens with one attached hydrogen (secondary N) is 1. The van der Waals surface area contributed by atoms with Gasteiger partial charge >= 0.3 is 0 Å². The Balaban J connectivity index is 2.20. The van der Waals surface area contributed by atoms with Crippen molar-refractivity contribution in [3.8, 4) is 0 Å². The lowest BCUT2D eigenvalue weighted by atomic mass is 10.00. The van der Waals surface area contributed by atoms with Gasteiger partial charge in [0.25, 0.3) is 0 Å². The zero-order chi connectivity index (χ0) is 13.0. The van der Waals surface area contributed by atoms with Gasteiger partial charge in [0.05, 0.1) is 4.47 Å². The third kappa shape index (κ3) is 3.15. The van der Waals surface area contributed by atoms with Gasteiger partial charge in [-0.2, -0.15) is 0 Å². The van der Waals surface area contributed by atoms with Crippen molar-refractivity contribution < 1.29 is 4.39 Å². The quantitative estimate of drug-likeness (QED) is 0.935. The van der Waals surface area contributed by atoms with E-state index >= 15 is 0 Å². The molecule has 0 fully saturated rings. The van der Waals surface area contributed by atoms with E-state index < -0.39 is 0 Å². The lowest BCUT2D eigenvalue weighted by molar-refractivity contribution is 0.574. The summed E-state index contributed by atoms with van der Waals surface area (Å²) < 4.78 is 14.0. The highest BCUT2D eigenvalue weighted by molar-refractivity contribution is 9.10. The van der Waals surface area contributed by atoms with Gasteiger partial charge in [-0.05, 0) is 58.7 Å². The lowest BCUT2D eigenvalue weighted by Gasteiger charge is -2.17. The molecule has 1 aromatic carbocycles. The average Bonchev–Trinajstić information content (AvgIpc) is 2.40. The molecule has 1 aromatic heterocycles. The topological polar surface area (TPSA) is 24.9 Å². The highest BCUT2D eigenvalue weighted by Crippen LogP contribution is 2.22. The Hall–Kier alpha value is -1.26. The van der Waals surface area contributed by atoms with Crippen molar-refractivity contribution in [3.05, 3.63) is 64.1 Å². The van der Waals surface area contributed by atoms with E-state index in [2.05, 4.69) is 26.2 Å². The van der Waals surface area contributed by atoms with Gasteiger partial charge < -0.3 is 5.32 Å². The molecule has 1 atom stereocenters. The summed E-state index contributed by atoms with van der Waals surface area (Å²) >= 11 is 3.16. The van der Waals surface area contributed by atoms with Crippen LogP contribution in [0.5, 0.6) is 0 Å². The Morgan fingerprint density at radius 1 is 1.39 bits per heavy atom. The molecule has 94 valence electrons. The van der Waals surface area contributed by atoms with Gasteiger partial charge in [0, 0.05) is 18.4 Å². The fourth-order valence-corrected chi connectivity index (χ4v) is 2.12. The molecular formula is C14H14BrFN2. The predicted octanol–water partition coefficient (Wildman–Crippen LogP) is 3.49. The highest BCUT2D eigenvalue weighted by atomic mass is 79.9. The fraction of sp³-hybridized carbons (Fsp3) is 0.214.